The van der Waals surface area contributed by atoms with E-state index >= 15 is 0 Å². The van der Waals surface area contributed by atoms with Crippen LogP contribution in [0.2, 0.25) is 0 Å². The molecule has 6 heteroatoms. The summed E-state index contributed by atoms with van der Waals surface area (Å²) in [5.74, 6) is 2.00. The number of ether oxygens (including phenoxy) is 5. The quantitative estimate of drug-likeness (QED) is 0.537. The maximum atomic E-state index is 12.2. The predicted octanol–water partition coefficient (Wildman–Crippen LogP) is 3.53. The third-order valence-corrected chi connectivity index (χ3v) is 4.37. The molecular weight excluding hydrogens is 324 g/mol. The molecule has 0 aliphatic carbocycles. The molecule has 0 bridgehead atoms. The van der Waals surface area contributed by atoms with Gasteiger partial charge in [-0.1, -0.05) is 6.07 Å². The molecule has 0 aromatic heterocycles. The number of carbonyl (C=O) groups is 1. The number of methoxy groups -OCH3 is 3. The van der Waals surface area contributed by atoms with Crippen LogP contribution in [0.15, 0.2) is 30.3 Å². The Kier molecular flexibility index (Phi) is 3.53. The van der Waals surface area contributed by atoms with Crippen molar-refractivity contribution in [2.75, 3.05) is 28.1 Å². The third-order valence-electron chi connectivity index (χ3n) is 4.37. The predicted molar refractivity (Wildman–Crippen MR) is 92.0 cm³/mol. The van der Waals surface area contributed by atoms with Crippen molar-refractivity contribution in [1.82, 2.24) is 0 Å². The lowest BCUT2D eigenvalue weighted by molar-refractivity contribution is 0.0602. The van der Waals surface area contributed by atoms with E-state index in [1.54, 1.807) is 20.3 Å². The summed E-state index contributed by atoms with van der Waals surface area (Å²) in [5.41, 5.74) is 0.422. The van der Waals surface area contributed by atoms with E-state index in [9.17, 15) is 4.79 Å². The highest BCUT2D eigenvalue weighted by Gasteiger charge is 2.25. The van der Waals surface area contributed by atoms with Crippen LogP contribution in [0.5, 0.6) is 23.0 Å². The minimum Gasteiger partial charge on any atom is -0.497 e. The van der Waals surface area contributed by atoms with Gasteiger partial charge >= 0.3 is 5.97 Å². The Morgan fingerprint density at radius 2 is 1.76 bits per heavy atom. The summed E-state index contributed by atoms with van der Waals surface area (Å²) in [6, 6.07) is 9.13. The fraction of sp³-hybridized carbons (Fsp3) is 0.211. The van der Waals surface area contributed by atoms with Crippen molar-refractivity contribution in [1.29, 1.82) is 0 Å². The SMILES string of the molecule is COC(=O)c1cc2c(c3c1ccc1c(OC)cc(OC)cc13)OCO2. The molecular formula is C19H16O6. The zero-order valence-electron chi connectivity index (χ0n) is 14.0. The first-order valence-corrected chi connectivity index (χ1v) is 7.67. The minimum absolute atomic E-state index is 0.104. The standard InChI is InChI=1S/C19H16O6/c1-21-10-6-13-11(15(7-10)22-2)4-5-12-14(19(20)23-3)8-16-18(17(12)13)25-9-24-16/h4-8H,9H2,1-3H3. The molecule has 0 saturated heterocycles. The number of carbonyl (C=O) groups excluding carboxylic acids is 1. The lowest BCUT2D eigenvalue weighted by atomic mass is 9.96. The Bertz CT molecular complexity index is 1010. The van der Waals surface area contributed by atoms with Gasteiger partial charge < -0.3 is 23.7 Å². The fourth-order valence-corrected chi connectivity index (χ4v) is 3.21. The molecule has 0 amide bonds. The Morgan fingerprint density at radius 3 is 2.48 bits per heavy atom. The second kappa shape index (κ2) is 5.73. The first-order chi connectivity index (χ1) is 12.2. The zero-order chi connectivity index (χ0) is 17.6. The van der Waals surface area contributed by atoms with E-state index in [1.165, 1.54) is 7.11 Å². The van der Waals surface area contributed by atoms with Crippen molar-refractivity contribution in [3.63, 3.8) is 0 Å². The van der Waals surface area contributed by atoms with Gasteiger partial charge in [0.05, 0.1) is 26.9 Å². The molecule has 0 spiro atoms. The lowest BCUT2D eigenvalue weighted by Crippen LogP contribution is -2.02. The van der Waals surface area contributed by atoms with Gasteiger partial charge in [-0.2, -0.15) is 0 Å². The molecule has 128 valence electrons. The Balaban J connectivity index is 2.20. The van der Waals surface area contributed by atoms with E-state index in [1.807, 2.05) is 24.3 Å². The molecule has 1 heterocycles. The van der Waals surface area contributed by atoms with Gasteiger partial charge in [-0.25, -0.2) is 4.79 Å². The number of rotatable bonds is 3. The molecule has 0 N–H and O–H groups in total. The van der Waals surface area contributed by atoms with Crippen molar-refractivity contribution < 1.29 is 28.5 Å². The van der Waals surface area contributed by atoms with Crippen LogP contribution >= 0.6 is 0 Å². The number of hydrogen-bond acceptors (Lipinski definition) is 6. The van der Waals surface area contributed by atoms with Crippen LogP contribution in [0.4, 0.5) is 0 Å². The van der Waals surface area contributed by atoms with Crippen LogP contribution in [-0.4, -0.2) is 34.1 Å². The zero-order valence-corrected chi connectivity index (χ0v) is 14.0. The lowest BCUT2D eigenvalue weighted by Gasteiger charge is -2.14. The van der Waals surface area contributed by atoms with E-state index < -0.39 is 5.97 Å². The van der Waals surface area contributed by atoms with Gasteiger partial charge in [-0.05, 0) is 18.2 Å². The summed E-state index contributed by atoms with van der Waals surface area (Å²) in [7, 11) is 4.55. The molecule has 0 radical (unpaired) electrons. The highest BCUT2D eigenvalue weighted by molar-refractivity contribution is 6.19. The second-order valence-electron chi connectivity index (χ2n) is 5.56. The minimum atomic E-state index is -0.433. The summed E-state index contributed by atoms with van der Waals surface area (Å²) in [6.07, 6.45) is 0. The fourth-order valence-electron chi connectivity index (χ4n) is 3.21. The maximum absolute atomic E-state index is 12.2. The van der Waals surface area contributed by atoms with E-state index in [2.05, 4.69) is 0 Å². The molecule has 1 aliphatic rings. The van der Waals surface area contributed by atoms with Crippen LogP contribution in [0.3, 0.4) is 0 Å². The topological polar surface area (TPSA) is 63.2 Å². The monoisotopic (exact) mass is 340 g/mol. The average Bonchev–Trinajstić information content (AvgIpc) is 3.13. The van der Waals surface area contributed by atoms with Gasteiger partial charge in [0.1, 0.15) is 11.5 Å². The van der Waals surface area contributed by atoms with Gasteiger partial charge in [-0.15, -0.1) is 0 Å². The smallest absolute Gasteiger partial charge is 0.338 e. The normalized spacial score (nSPS) is 12.4. The Labute approximate surface area is 143 Å². The van der Waals surface area contributed by atoms with Crippen LogP contribution in [0, 0.1) is 0 Å². The Morgan fingerprint density at radius 1 is 0.960 bits per heavy atom. The molecule has 0 atom stereocenters. The average molecular weight is 340 g/mol. The Hall–Kier alpha value is -3.15. The van der Waals surface area contributed by atoms with Gasteiger partial charge in [0, 0.05) is 27.6 Å². The number of benzene rings is 3. The molecule has 0 unspecified atom stereocenters. The highest BCUT2D eigenvalue weighted by Crippen LogP contribution is 2.46. The van der Waals surface area contributed by atoms with Crippen LogP contribution in [-0.2, 0) is 4.74 Å². The molecule has 4 rings (SSSR count). The summed E-state index contributed by atoms with van der Waals surface area (Å²) in [5, 5.41) is 3.22. The third kappa shape index (κ3) is 2.21. The maximum Gasteiger partial charge on any atom is 0.338 e. The van der Waals surface area contributed by atoms with Crippen molar-refractivity contribution in [3.05, 3.63) is 35.9 Å². The van der Waals surface area contributed by atoms with E-state index in [0.717, 1.165) is 21.5 Å². The molecule has 0 fully saturated rings. The molecule has 1 aliphatic heterocycles. The van der Waals surface area contributed by atoms with Crippen LogP contribution < -0.4 is 18.9 Å². The highest BCUT2D eigenvalue weighted by atomic mass is 16.7. The van der Waals surface area contributed by atoms with Gasteiger partial charge in [0.25, 0.3) is 0 Å². The van der Waals surface area contributed by atoms with Crippen LogP contribution in [0.1, 0.15) is 10.4 Å². The summed E-state index contributed by atoms with van der Waals surface area (Å²) < 4.78 is 27.0. The summed E-state index contributed by atoms with van der Waals surface area (Å²) in [6.45, 7) is 0.104. The van der Waals surface area contributed by atoms with Crippen molar-refractivity contribution in [2.45, 2.75) is 0 Å². The summed E-state index contributed by atoms with van der Waals surface area (Å²) in [4.78, 5) is 12.2. The molecule has 3 aromatic rings. The largest absolute Gasteiger partial charge is 0.497 e. The van der Waals surface area contributed by atoms with Crippen molar-refractivity contribution in [3.8, 4) is 23.0 Å². The second-order valence-corrected chi connectivity index (χ2v) is 5.56. The van der Waals surface area contributed by atoms with Crippen molar-refractivity contribution >= 4 is 27.5 Å². The van der Waals surface area contributed by atoms with E-state index in [0.29, 0.717) is 28.6 Å². The molecule has 3 aromatic carbocycles. The van der Waals surface area contributed by atoms with Gasteiger partial charge in [-0.3, -0.25) is 0 Å². The number of fused-ring (bicyclic) bond motifs is 5. The van der Waals surface area contributed by atoms with Gasteiger partial charge in [0.15, 0.2) is 11.5 Å². The van der Waals surface area contributed by atoms with E-state index in [-0.39, 0.29) is 6.79 Å². The van der Waals surface area contributed by atoms with Crippen molar-refractivity contribution in [2.24, 2.45) is 0 Å². The number of hydrogen-bond donors (Lipinski definition) is 0. The van der Waals surface area contributed by atoms with Crippen LogP contribution in [0.25, 0.3) is 21.5 Å². The molecule has 0 saturated carbocycles. The van der Waals surface area contributed by atoms with Gasteiger partial charge in [0.2, 0.25) is 6.79 Å². The molecule has 6 nitrogen and oxygen atoms in total. The first-order valence-electron chi connectivity index (χ1n) is 7.67. The van der Waals surface area contributed by atoms with E-state index in [4.69, 9.17) is 23.7 Å². The number of esters is 1. The summed E-state index contributed by atoms with van der Waals surface area (Å²) >= 11 is 0. The first kappa shape index (κ1) is 15.4. The molecule has 25 heavy (non-hydrogen) atoms.